The van der Waals surface area contributed by atoms with Crippen molar-refractivity contribution in [2.24, 2.45) is 5.92 Å². The van der Waals surface area contributed by atoms with Crippen LogP contribution in [0.5, 0.6) is 0 Å². The molecule has 0 radical (unpaired) electrons. The monoisotopic (exact) mass is 206 g/mol. The Labute approximate surface area is 90.8 Å². The van der Waals surface area contributed by atoms with Gasteiger partial charge in [-0.3, -0.25) is 0 Å². The Kier molecular flexibility index (Phi) is 2.91. The minimum Gasteiger partial charge on any atom is -0.389 e. The lowest BCUT2D eigenvalue weighted by Gasteiger charge is -2.17. The van der Waals surface area contributed by atoms with Crippen LogP contribution in [-0.2, 0) is 0 Å². The third-order valence-electron chi connectivity index (χ3n) is 3.00. The van der Waals surface area contributed by atoms with Gasteiger partial charge in [-0.1, -0.05) is 13.0 Å². The van der Waals surface area contributed by atoms with E-state index in [0.29, 0.717) is 0 Å². The number of hydrogen-bond acceptors (Lipinski definition) is 3. The molecule has 2 heterocycles. The molecule has 82 valence electrons. The molecule has 1 aliphatic heterocycles. The van der Waals surface area contributed by atoms with Crippen LogP contribution in [0.4, 0.5) is 5.82 Å². The van der Waals surface area contributed by atoms with Crippen LogP contribution >= 0.6 is 0 Å². The van der Waals surface area contributed by atoms with Gasteiger partial charge in [0.2, 0.25) is 0 Å². The summed E-state index contributed by atoms with van der Waals surface area (Å²) in [6.07, 6.45) is 2.59. The van der Waals surface area contributed by atoms with E-state index in [0.717, 1.165) is 30.4 Å². The summed E-state index contributed by atoms with van der Waals surface area (Å²) in [6, 6.07) is 3.95. The summed E-state index contributed by atoms with van der Waals surface area (Å²) < 4.78 is 0. The second-order valence-corrected chi connectivity index (χ2v) is 4.47. The van der Waals surface area contributed by atoms with Gasteiger partial charge in [-0.2, -0.15) is 0 Å². The molecule has 3 heteroatoms. The number of rotatable bonds is 2. The van der Waals surface area contributed by atoms with E-state index in [1.165, 1.54) is 6.42 Å². The van der Waals surface area contributed by atoms with E-state index in [-0.39, 0.29) is 0 Å². The zero-order valence-electron chi connectivity index (χ0n) is 9.35. The number of anilines is 1. The maximum atomic E-state index is 9.37. The smallest absolute Gasteiger partial charge is 0.128 e. The minimum absolute atomic E-state index is 0.427. The highest BCUT2D eigenvalue weighted by Gasteiger charge is 2.19. The SMILES string of the molecule is CC1CCN(c2ccc(C(C)O)cn2)C1. The molecule has 2 rings (SSSR count). The summed E-state index contributed by atoms with van der Waals surface area (Å²) in [5, 5.41) is 9.37. The first-order chi connectivity index (χ1) is 7.16. The number of hydrogen-bond donors (Lipinski definition) is 1. The van der Waals surface area contributed by atoms with Crippen LogP contribution in [0, 0.1) is 5.92 Å². The molecule has 1 aliphatic rings. The van der Waals surface area contributed by atoms with Crippen molar-refractivity contribution in [2.45, 2.75) is 26.4 Å². The molecule has 0 amide bonds. The van der Waals surface area contributed by atoms with E-state index in [4.69, 9.17) is 0 Å². The molecule has 1 saturated heterocycles. The van der Waals surface area contributed by atoms with Gasteiger partial charge < -0.3 is 10.0 Å². The van der Waals surface area contributed by atoms with Crippen molar-refractivity contribution in [1.29, 1.82) is 0 Å². The molecule has 2 unspecified atom stereocenters. The average molecular weight is 206 g/mol. The van der Waals surface area contributed by atoms with Gasteiger partial charge >= 0.3 is 0 Å². The second-order valence-electron chi connectivity index (χ2n) is 4.47. The lowest BCUT2D eigenvalue weighted by molar-refractivity contribution is 0.199. The van der Waals surface area contributed by atoms with E-state index < -0.39 is 6.10 Å². The van der Waals surface area contributed by atoms with Crippen molar-refractivity contribution in [3.8, 4) is 0 Å². The molecule has 0 aromatic carbocycles. The fourth-order valence-corrected chi connectivity index (χ4v) is 1.97. The van der Waals surface area contributed by atoms with Crippen molar-refractivity contribution in [3.63, 3.8) is 0 Å². The first-order valence-corrected chi connectivity index (χ1v) is 5.56. The normalized spacial score (nSPS) is 23.1. The highest BCUT2D eigenvalue weighted by Crippen LogP contribution is 2.22. The summed E-state index contributed by atoms with van der Waals surface area (Å²) in [5.74, 6) is 1.80. The van der Waals surface area contributed by atoms with Gasteiger partial charge in [0.25, 0.3) is 0 Å². The van der Waals surface area contributed by atoms with Crippen LogP contribution in [0.15, 0.2) is 18.3 Å². The number of aliphatic hydroxyl groups excluding tert-OH is 1. The number of aliphatic hydroxyl groups is 1. The minimum atomic E-state index is -0.427. The lowest BCUT2D eigenvalue weighted by Crippen LogP contribution is -2.20. The van der Waals surface area contributed by atoms with Crippen molar-refractivity contribution < 1.29 is 5.11 Å². The van der Waals surface area contributed by atoms with Crippen LogP contribution in [0.25, 0.3) is 0 Å². The standard InChI is InChI=1S/C12H18N2O/c1-9-5-6-14(8-9)12-4-3-11(7-13-12)10(2)15/h3-4,7,9-10,15H,5-6,8H2,1-2H3. The Morgan fingerprint density at radius 1 is 1.53 bits per heavy atom. The zero-order chi connectivity index (χ0) is 10.8. The molecular weight excluding hydrogens is 188 g/mol. The van der Waals surface area contributed by atoms with Gasteiger partial charge in [-0.15, -0.1) is 0 Å². The molecule has 1 N–H and O–H groups in total. The van der Waals surface area contributed by atoms with Crippen molar-refractivity contribution in [1.82, 2.24) is 4.98 Å². The zero-order valence-corrected chi connectivity index (χ0v) is 9.35. The molecular formula is C12H18N2O. The molecule has 0 spiro atoms. The number of pyridine rings is 1. The van der Waals surface area contributed by atoms with Gasteiger partial charge in [0.1, 0.15) is 5.82 Å². The molecule has 0 aliphatic carbocycles. The summed E-state index contributed by atoms with van der Waals surface area (Å²) in [5.41, 5.74) is 0.881. The van der Waals surface area contributed by atoms with Crippen LogP contribution in [0.2, 0.25) is 0 Å². The fraction of sp³-hybridized carbons (Fsp3) is 0.583. The van der Waals surface area contributed by atoms with E-state index >= 15 is 0 Å². The first kappa shape index (κ1) is 10.4. The molecule has 1 aromatic rings. The summed E-state index contributed by atoms with van der Waals surface area (Å²) >= 11 is 0. The van der Waals surface area contributed by atoms with Crippen molar-refractivity contribution in [2.75, 3.05) is 18.0 Å². The van der Waals surface area contributed by atoms with Gasteiger partial charge in [0, 0.05) is 19.3 Å². The largest absolute Gasteiger partial charge is 0.389 e. The fourth-order valence-electron chi connectivity index (χ4n) is 1.97. The Morgan fingerprint density at radius 3 is 2.80 bits per heavy atom. The highest BCUT2D eigenvalue weighted by molar-refractivity contribution is 5.40. The molecule has 0 bridgehead atoms. The number of nitrogens with zero attached hydrogens (tertiary/aromatic N) is 2. The number of aromatic nitrogens is 1. The molecule has 0 saturated carbocycles. The summed E-state index contributed by atoms with van der Waals surface area (Å²) in [7, 11) is 0. The third-order valence-corrected chi connectivity index (χ3v) is 3.00. The van der Waals surface area contributed by atoms with Crippen molar-refractivity contribution in [3.05, 3.63) is 23.9 Å². The molecule has 1 aromatic heterocycles. The van der Waals surface area contributed by atoms with Crippen LogP contribution < -0.4 is 4.90 Å². The molecule has 2 atom stereocenters. The quantitative estimate of drug-likeness (QED) is 0.803. The van der Waals surface area contributed by atoms with Crippen molar-refractivity contribution >= 4 is 5.82 Å². The molecule has 3 nitrogen and oxygen atoms in total. The van der Waals surface area contributed by atoms with Crippen LogP contribution in [0.1, 0.15) is 31.9 Å². The third kappa shape index (κ3) is 2.29. The summed E-state index contributed by atoms with van der Waals surface area (Å²) in [6.45, 7) is 6.22. The highest BCUT2D eigenvalue weighted by atomic mass is 16.3. The maximum absolute atomic E-state index is 9.37. The topological polar surface area (TPSA) is 36.4 Å². The summed E-state index contributed by atoms with van der Waals surface area (Å²) in [4.78, 5) is 6.68. The van der Waals surface area contributed by atoms with E-state index in [1.54, 1.807) is 13.1 Å². The average Bonchev–Trinajstić information content (AvgIpc) is 2.65. The van der Waals surface area contributed by atoms with E-state index in [2.05, 4.69) is 16.8 Å². The Balaban J connectivity index is 2.10. The molecule has 1 fully saturated rings. The Hall–Kier alpha value is -1.09. The predicted molar refractivity (Wildman–Crippen MR) is 60.9 cm³/mol. The van der Waals surface area contributed by atoms with E-state index in [9.17, 15) is 5.11 Å². The Morgan fingerprint density at radius 2 is 2.33 bits per heavy atom. The van der Waals surface area contributed by atoms with Gasteiger partial charge in [-0.25, -0.2) is 4.98 Å². The van der Waals surface area contributed by atoms with Gasteiger partial charge in [-0.05, 0) is 30.9 Å². The first-order valence-electron chi connectivity index (χ1n) is 5.56. The predicted octanol–water partition coefficient (Wildman–Crippen LogP) is 1.98. The van der Waals surface area contributed by atoms with Crippen LogP contribution in [0.3, 0.4) is 0 Å². The Bertz CT molecular complexity index is 321. The van der Waals surface area contributed by atoms with Gasteiger partial charge in [0.15, 0.2) is 0 Å². The lowest BCUT2D eigenvalue weighted by atomic mass is 10.2. The molecule has 15 heavy (non-hydrogen) atoms. The van der Waals surface area contributed by atoms with Crippen LogP contribution in [-0.4, -0.2) is 23.2 Å². The van der Waals surface area contributed by atoms with Gasteiger partial charge in [0.05, 0.1) is 6.10 Å². The second kappa shape index (κ2) is 4.19. The maximum Gasteiger partial charge on any atom is 0.128 e. The van der Waals surface area contributed by atoms with E-state index in [1.807, 2.05) is 12.1 Å².